The fraction of sp³-hybridized carbons (Fsp3) is 0.875. The van der Waals surface area contributed by atoms with Crippen molar-refractivity contribution in [3.63, 3.8) is 0 Å². The maximum absolute atomic E-state index is 11.5. The van der Waals surface area contributed by atoms with Gasteiger partial charge in [-0.1, -0.05) is 0 Å². The summed E-state index contributed by atoms with van der Waals surface area (Å²) >= 11 is 0. The van der Waals surface area contributed by atoms with Crippen molar-refractivity contribution in [1.29, 1.82) is 0 Å². The summed E-state index contributed by atoms with van der Waals surface area (Å²) in [6.07, 6.45) is 0.948. The third kappa shape index (κ3) is 1.38. The molecule has 3 heteroatoms. The van der Waals surface area contributed by atoms with Crippen molar-refractivity contribution in [2.45, 2.75) is 31.8 Å². The Labute approximate surface area is 67.8 Å². The molecule has 0 radical (unpaired) electrons. The van der Waals surface area contributed by atoms with Crippen LogP contribution in [0.3, 0.4) is 0 Å². The quantitative estimate of drug-likeness (QED) is 0.589. The van der Waals surface area contributed by atoms with E-state index in [-0.39, 0.29) is 11.4 Å². The van der Waals surface area contributed by atoms with Gasteiger partial charge in [0.2, 0.25) is 5.91 Å². The molecule has 0 aliphatic carbocycles. The first-order valence-electron chi connectivity index (χ1n) is 3.95. The zero-order valence-corrected chi connectivity index (χ0v) is 7.64. The van der Waals surface area contributed by atoms with Crippen molar-refractivity contribution in [1.82, 2.24) is 10.2 Å². The zero-order valence-electron chi connectivity index (χ0n) is 7.64. The van der Waals surface area contributed by atoms with E-state index >= 15 is 0 Å². The van der Waals surface area contributed by atoms with Crippen LogP contribution in [-0.4, -0.2) is 36.5 Å². The molecular formula is C8H16N2O. The van der Waals surface area contributed by atoms with Crippen LogP contribution in [0.25, 0.3) is 0 Å². The highest BCUT2D eigenvalue weighted by atomic mass is 16.2. The number of amides is 1. The summed E-state index contributed by atoms with van der Waals surface area (Å²) in [6.45, 7) is 4.04. The van der Waals surface area contributed by atoms with Crippen LogP contribution in [0.1, 0.15) is 20.3 Å². The van der Waals surface area contributed by atoms with E-state index in [2.05, 4.69) is 12.2 Å². The van der Waals surface area contributed by atoms with Gasteiger partial charge < -0.3 is 10.2 Å². The van der Waals surface area contributed by atoms with Gasteiger partial charge in [-0.05, 0) is 20.3 Å². The Balaban J connectivity index is 2.54. The molecule has 1 amide bonds. The SMILES string of the molecule is C[C@@H]1CC(C)(C(=O)N(C)C)N1. The first-order chi connectivity index (χ1) is 4.96. The van der Waals surface area contributed by atoms with Crippen LogP contribution in [-0.2, 0) is 4.79 Å². The Kier molecular flexibility index (Phi) is 1.92. The number of rotatable bonds is 1. The summed E-state index contributed by atoms with van der Waals surface area (Å²) < 4.78 is 0. The minimum atomic E-state index is -0.289. The van der Waals surface area contributed by atoms with Crippen molar-refractivity contribution in [2.24, 2.45) is 0 Å². The van der Waals surface area contributed by atoms with E-state index < -0.39 is 0 Å². The van der Waals surface area contributed by atoms with Crippen LogP contribution in [0.4, 0.5) is 0 Å². The van der Waals surface area contributed by atoms with E-state index in [4.69, 9.17) is 0 Å². The normalized spacial score (nSPS) is 36.2. The molecule has 1 aliphatic heterocycles. The van der Waals surface area contributed by atoms with Gasteiger partial charge in [0.1, 0.15) is 0 Å². The number of carbonyl (C=O) groups is 1. The molecule has 1 rings (SSSR count). The number of nitrogens with zero attached hydrogens (tertiary/aromatic N) is 1. The van der Waals surface area contributed by atoms with Crippen LogP contribution in [0.2, 0.25) is 0 Å². The molecule has 0 bridgehead atoms. The van der Waals surface area contributed by atoms with Crippen LogP contribution in [0.15, 0.2) is 0 Å². The van der Waals surface area contributed by atoms with Gasteiger partial charge >= 0.3 is 0 Å². The van der Waals surface area contributed by atoms with Gasteiger partial charge in [0.15, 0.2) is 0 Å². The summed E-state index contributed by atoms with van der Waals surface area (Å²) in [5.74, 6) is 0.176. The summed E-state index contributed by atoms with van der Waals surface area (Å²) in [5.41, 5.74) is -0.289. The molecule has 3 nitrogen and oxygen atoms in total. The highest BCUT2D eigenvalue weighted by molar-refractivity contribution is 5.86. The maximum Gasteiger partial charge on any atom is 0.242 e. The molecule has 0 aromatic rings. The Morgan fingerprint density at radius 3 is 2.36 bits per heavy atom. The molecule has 2 atom stereocenters. The fourth-order valence-corrected chi connectivity index (χ4v) is 1.78. The molecule has 0 saturated carbocycles. The van der Waals surface area contributed by atoms with E-state index in [0.717, 1.165) is 6.42 Å². The fourth-order valence-electron chi connectivity index (χ4n) is 1.78. The Hall–Kier alpha value is -0.570. The number of likely N-dealkylation sites (N-methyl/N-ethyl adjacent to an activating group) is 1. The van der Waals surface area contributed by atoms with E-state index in [9.17, 15) is 4.79 Å². The number of hydrogen-bond donors (Lipinski definition) is 1. The molecule has 11 heavy (non-hydrogen) atoms. The first-order valence-corrected chi connectivity index (χ1v) is 3.95. The molecule has 0 spiro atoms. The van der Waals surface area contributed by atoms with E-state index in [1.807, 2.05) is 6.92 Å². The van der Waals surface area contributed by atoms with Crippen molar-refractivity contribution < 1.29 is 4.79 Å². The van der Waals surface area contributed by atoms with Crippen LogP contribution >= 0.6 is 0 Å². The average molecular weight is 156 g/mol. The van der Waals surface area contributed by atoms with E-state index in [1.54, 1.807) is 19.0 Å². The summed E-state index contributed by atoms with van der Waals surface area (Å²) in [4.78, 5) is 13.1. The second kappa shape index (κ2) is 2.48. The number of nitrogens with one attached hydrogen (secondary N) is 1. The lowest BCUT2D eigenvalue weighted by atomic mass is 9.83. The van der Waals surface area contributed by atoms with Gasteiger partial charge in [-0.15, -0.1) is 0 Å². The lowest BCUT2D eigenvalue weighted by molar-refractivity contribution is -0.139. The van der Waals surface area contributed by atoms with Crippen LogP contribution in [0.5, 0.6) is 0 Å². The van der Waals surface area contributed by atoms with Crippen LogP contribution < -0.4 is 5.32 Å². The lowest BCUT2D eigenvalue weighted by Gasteiger charge is -2.45. The maximum atomic E-state index is 11.5. The minimum Gasteiger partial charge on any atom is -0.347 e. The third-order valence-electron chi connectivity index (χ3n) is 2.16. The molecule has 1 saturated heterocycles. The van der Waals surface area contributed by atoms with Gasteiger partial charge in [0.05, 0.1) is 5.54 Å². The largest absolute Gasteiger partial charge is 0.347 e. The molecular weight excluding hydrogens is 140 g/mol. The van der Waals surface area contributed by atoms with Crippen molar-refractivity contribution in [3.05, 3.63) is 0 Å². The molecule has 0 aromatic carbocycles. The zero-order chi connectivity index (χ0) is 8.65. The van der Waals surface area contributed by atoms with Crippen molar-refractivity contribution >= 4 is 5.91 Å². The van der Waals surface area contributed by atoms with Gasteiger partial charge in [-0.2, -0.15) is 0 Å². The lowest BCUT2D eigenvalue weighted by Crippen LogP contribution is -2.67. The number of hydrogen-bond acceptors (Lipinski definition) is 2. The highest BCUT2D eigenvalue weighted by Crippen LogP contribution is 2.25. The Morgan fingerprint density at radius 2 is 2.09 bits per heavy atom. The minimum absolute atomic E-state index is 0.176. The van der Waals surface area contributed by atoms with Crippen molar-refractivity contribution in [3.8, 4) is 0 Å². The third-order valence-corrected chi connectivity index (χ3v) is 2.16. The second-order valence-corrected chi connectivity index (χ2v) is 3.78. The highest BCUT2D eigenvalue weighted by Gasteiger charge is 2.44. The van der Waals surface area contributed by atoms with Gasteiger partial charge in [-0.25, -0.2) is 0 Å². The van der Waals surface area contributed by atoms with Crippen molar-refractivity contribution in [2.75, 3.05) is 14.1 Å². The molecule has 1 unspecified atom stereocenters. The molecule has 1 N–H and O–H groups in total. The molecule has 64 valence electrons. The molecule has 0 aromatic heterocycles. The predicted octanol–water partition coefficient (Wildman–Crippen LogP) is 0.215. The van der Waals surface area contributed by atoms with Gasteiger partial charge in [0.25, 0.3) is 0 Å². The van der Waals surface area contributed by atoms with Gasteiger partial charge in [0, 0.05) is 20.1 Å². The smallest absolute Gasteiger partial charge is 0.242 e. The Bertz CT molecular complexity index is 171. The monoisotopic (exact) mass is 156 g/mol. The van der Waals surface area contributed by atoms with E-state index in [1.165, 1.54) is 0 Å². The topological polar surface area (TPSA) is 32.3 Å². The Morgan fingerprint density at radius 1 is 1.64 bits per heavy atom. The van der Waals surface area contributed by atoms with Crippen LogP contribution in [0, 0.1) is 0 Å². The van der Waals surface area contributed by atoms with E-state index in [0.29, 0.717) is 6.04 Å². The first kappa shape index (κ1) is 8.53. The predicted molar refractivity (Wildman–Crippen MR) is 44.3 cm³/mol. The molecule has 1 aliphatic rings. The molecule has 1 fully saturated rings. The van der Waals surface area contributed by atoms with Gasteiger partial charge in [-0.3, -0.25) is 4.79 Å². The summed E-state index contributed by atoms with van der Waals surface area (Å²) in [6, 6.07) is 0.490. The average Bonchev–Trinajstić information content (AvgIpc) is 1.83. The summed E-state index contributed by atoms with van der Waals surface area (Å²) in [7, 11) is 3.58. The summed E-state index contributed by atoms with van der Waals surface area (Å²) in [5, 5.41) is 3.21. The number of carbonyl (C=O) groups excluding carboxylic acids is 1. The second-order valence-electron chi connectivity index (χ2n) is 3.78. The standard InChI is InChI=1S/C8H16N2O/c1-6-5-8(2,9-6)7(11)10(3)4/h6,9H,5H2,1-4H3/t6-,8?/m1/s1. The molecule has 1 heterocycles.